The molecule has 0 saturated heterocycles. The van der Waals surface area contributed by atoms with Crippen molar-refractivity contribution in [1.82, 2.24) is 14.6 Å². The van der Waals surface area contributed by atoms with E-state index in [1.54, 1.807) is 22.7 Å². The molecule has 0 aliphatic rings. The maximum Gasteiger partial charge on any atom is 0.338 e. The van der Waals surface area contributed by atoms with Crippen molar-refractivity contribution >= 4 is 11.6 Å². The number of benzene rings is 1. The highest BCUT2D eigenvalue weighted by molar-refractivity contribution is 5.90. The van der Waals surface area contributed by atoms with Crippen molar-refractivity contribution in [3.8, 4) is 5.75 Å². The predicted molar refractivity (Wildman–Crippen MR) is 75.1 cm³/mol. The second-order valence-corrected chi connectivity index (χ2v) is 4.35. The van der Waals surface area contributed by atoms with Crippen molar-refractivity contribution in [2.75, 3.05) is 7.11 Å². The molecule has 0 atom stereocenters. The molecule has 0 radical (unpaired) electrons. The lowest BCUT2D eigenvalue weighted by Crippen LogP contribution is -2.04. The number of carbonyl (C=O) groups is 1. The van der Waals surface area contributed by atoms with Gasteiger partial charge in [-0.3, -0.25) is 4.40 Å². The van der Waals surface area contributed by atoms with Gasteiger partial charge in [0, 0.05) is 6.20 Å². The molecule has 0 fully saturated rings. The quantitative estimate of drug-likeness (QED) is 0.686. The molecule has 0 saturated carbocycles. The van der Waals surface area contributed by atoms with Crippen LogP contribution in [0.15, 0.2) is 48.7 Å². The van der Waals surface area contributed by atoms with Gasteiger partial charge in [0.15, 0.2) is 11.5 Å². The third-order valence-electron chi connectivity index (χ3n) is 3.01. The molecule has 6 nitrogen and oxygen atoms in total. The highest BCUT2D eigenvalue weighted by atomic mass is 16.5. The largest absolute Gasteiger partial charge is 0.486 e. The molecule has 2 aromatic heterocycles. The molecule has 0 bridgehead atoms. The average molecular weight is 283 g/mol. The van der Waals surface area contributed by atoms with Gasteiger partial charge in [-0.2, -0.15) is 0 Å². The Labute approximate surface area is 120 Å². The number of carbonyl (C=O) groups excluding carboxylic acids is 1. The number of para-hydroxylation sites is 1. The summed E-state index contributed by atoms with van der Waals surface area (Å²) in [5, 5.41) is 8.11. The standard InChI is InChI=1S/C15H13N3O3/c1-20-15(19)11-7-8-18-13(9-11)16-17-14(18)10-21-12-5-3-2-4-6-12/h2-9H,10H2,1H3. The molecule has 1 aromatic carbocycles. The van der Waals surface area contributed by atoms with Crippen LogP contribution >= 0.6 is 0 Å². The molecule has 0 spiro atoms. The molecule has 21 heavy (non-hydrogen) atoms. The number of methoxy groups -OCH3 is 1. The summed E-state index contributed by atoms with van der Waals surface area (Å²) in [6.45, 7) is 0.294. The van der Waals surface area contributed by atoms with Crippen LogP contribution in [0.1, 0.15) is 16.2 Å². The molecule has 0 unspecified atom stereocenters. The molecular weight excluding hydrogens is 270 g/mol. The number of rotatable bonds is 4. The molecule has 0 aliphatic heterocycles. The third-order valence-corrected chi connectivity index (χ3v) is 3.01. The fourth-order valence-corrected chi connectivity index (χ4v) is 1.95. The van der Waals surface area contributed by atoms with Gasteiger partial charge in [-0.1, -0.05) is 18.2 Å². The number of hydrogen-bond acceptors (Lipinski definition) is 5. The van der Waals surface area contributed by atoms with E-state index >= 15 is 0 Å². The first-order valence-corrected chi connectivity index (χ1v) is 6.38. The van der Waals surface area contributed by atoms with E-state index in [-0.39, 0.29) is 0 Å². The van der Waals surface area contributed by atoms with Gasteiger partial charge in [0.25, 0.3) is 0 Å². The lowest BCUT2D eigenvalue weighted by Gasteiger charge is -2.05. The van der Waals surface area contributed by atoms with Crippen molar-refractivity contribution in [2.45, 2.75) is 6.61 Å². The van der Waals surface area contributed by atoms with Crippen molar-refractivity contribution in [3.63, 3.8) is 0 Å². The number of hydrogen-bond donors (Lipinski definition) is 0. The molecule has 2 heterocycles. The van der Waals surface area contributed by atoms with Gasteiger partial charge < -0.3 is 9.47 Å². The highest BCUT2D eigenvalue weighted by Gasteiger charge is 2.10. The van der Waals surface area contributed by atoms with E-state index < -0.39 is 5.97 Å². The SMILES string of the molecule is COC(=O)c1ccn2c(COc3ccccc3)nnc2c1. The Kier molecular flexibility index (Phi) is 3.51. The number of fused-ring (bicyclic) bond motifs is 1. The molecule has 3 aromatic rings. The Bertz CT molecular complexity index is 768. The first kappa shape index (κ1) is 13.1. The van der Waals surface area contributed by atoms with Crippen LogP contribution in [0.25, 0.3) is 5.65 Å². The normalized spacial score (nSPS) is 10.5. The summed E-state index contributed by atoms with van der Waals surface area (Å²) < 4.78 is 12.1. The zero-order chi connectivity index (χ0) is 14.7. The van der Waals surface area contributed by atoms with E-state index in [2.05, 4.69) is 14.9 Å². The Morgan fingerprint density at radius 1 is 1.19 bits per heavy atom. The smallest absolute Gasteiger partial charge is 0.338 e. The van der Waals surface area contributed by atoms with Gasteiger partial charge in [-0.05, 0) is 24.3 Å². The second kappa shape index (κ2) is 5.62. The second-order valence-electron chi connectivity index (χ2n) is 4.35. The van der Waals surface area contributed by atoms with Crippen LogP contribution in [-0.4, -0.2) is 27.7 Å². The maximum atomic E-state index is 11.5. The van der Waals surface area contributed by atoms with Crippen LogP contribution in [0, 0.1) is 0 Å². The monoisotopic (exact) mass is 283 g/mol. The Balaban J connectivity index is 1.82. The zero-order valence-electron chi connectivity index (χ0n) is 11.4. The molecule has 0 amide bonds. The van der Waals surface area contributed by atoms with Gasteiger partial charge in [0.2, 0.25) is 0 Å². The summed E-state index contributed by atoms with van der Waals surface area (Å²) in [5.41, 5.74) is 1.01. The first-order chi connectivity index (χ1) is 10.3. The van der Waals surface area contributed by atoms with Gasteiger partial charge in [-0.25, -0.2) is 4.79 Å². The minimum atomic E-state index is -0.400. The van der Waals surface area contributed by atoms with Crippen molar-refractivity contribution in [3.05, 3.63) is 60.0 Å². The Morgan fingerprint density at radius 3 is 2.76 bits per heavy atom. The molecule has 106 valence electrons. The van der Waals surface area contributed by atoms with Crippen molar-refractivity contribution < 1.29 is 14.3 Å². The van der Waals surface area contributed by atoms with Crippen LogP contribution in [-0.2, 0) is 11.3 Å². The van der Waals surface area contributed by atoms with Crippen LogP contribution in [0.3, 0.4) is 0 Å². The molecule has 3 rings (SSSR count). The van der Waals surface area contributed by atoms with Gasteiger partial charge >= 0.3 is 5.97 Å². The number of esters is 1. The third kappa shape index (κ3) is 2.69. The predicted octanol–water partition coefficient (Wildman–Crippen LogP) is 2.09. The van der Waals surface area contributed by atoms with E-state index in [0.717, 1.165) is 5.75 Å². The number of pyridine rings is 1. The zero-order valence-corrected chi connectivity index (χ0v) is 11.4. The first-order valence-electron chi connectivity index (χ1n) is 6.38. The maximum absolute atomic E-state index is 11.5. The Morgan fingerprint density at radius 2 is 2.00 bits per heavy atom. The van der Waals surface area contributed by atoms with E-state index in [4.69, 9.17) is 4.74 Å². The fraction of sp³-hybridized carbons (Fsp3) is 0.133. The van der Waals surface area contributed by atoms with Gasteiger partial charge in [0.05, 0.1) is 12.7 Å². The topological polar surface area (TPSA) is 65.7 Å². The van der Waals surface area contributed by atoms with Crippen molar-refractivity contribution in [2.24, 2.45) is 0 Å². The van der Waals surface area contributed by atoms with Crippen LogP contribution in [0.2, 0.25) is 0 Å². The average Bonchev–Trinajstić information content (AvgIpc) is 2.95. The van der Waals surface area contributed by atoms with Crippen molar-refractivity contribution in [1.29, 1.82) is 0 Å². The molecule has 6 heteroatoms. The lowest BCUT2D eigenvalue weighted by atomic mass is 10.2. The van der Waals surface area contributed by atoms with Crippen LogP contribution in [0.5, 0.6) is 5.75 Å². The summed E-state index contributed by atoms with van der Waals surface area (Å²) in [6.07, 6.45) is 1.73. The van der Waals surface area contributed by atoms with Gasteiger partial charge in [0.1, 0.15) is 12.4 Å². The highest BCUT2D eigenvalue weighted by Crippen LogP contribution is 2.13. The van der Waals surface area contributed by atoms with Crippen LogP contribution < -0.4 is 4.74 Å². The van der Waals surface area contributed by atoms with E-state index in [9.17, 15) is 4.79 Å². The minimum absolute atomic E-state index is 0.294. The lowest BCUT2D eigenvalue weighted by molar-refractivity contribution is 0.0600. The number of nitrogens with zero attached hydrogens (tertiary/aromatic N) is 3. The fourth-order valence-electron chi connectivity index (χ4n) is 1.95. The number of ether oxygens (including phenoxy) is 2. The van der Waals surface area contributed by atoms with E-state index in [1.807, 2.05) is 30.3 Å². The Hall–Kier alpha value is -2.89. The van der Waals surface area contributed by atoms with Crippen LogP contribution in [0.4, 0.5) is 0 Å². The number of aromatic nitrogens is 3. The summed E-state index contributed by atoms with van der Waals surface area (Å²) in [6, 6.07) is 12.8. The summed E-state index contributed by atoms with van der Waals surface area (Å²) >= 11 is 0. The summed E-state index contributed by atoms with van der Waals surface area (Å²) in [5.74, 6) is 1.02. The summed E-state index contributed by atoms with van der Waals surface area (Å²) in [7, 11) is 1.34. The minimum Gasteiger partial charge on any atom is -0.486 e. The van der Waals surface area contributed by atoms with Gasteiger partial charge in [-0.15, -0.1) is 10.2 Å². The molecule has 0 N–H and O–H groups in total. The summed E-state index contributed by atoms with van der Waals surface area (Å²) in [4.78, 5) is 11.5. The molecule has 0 aliphatic carbocycles. The molecular formula is C15H13N3O3. The van der Waals surface area contributed by atoms with E-state index in [0.29, 0.717) is 23.6 Å². The van der Waals surface area contributed by atoms with E-state index in [1.165, 1.54) is 7.11 Å².